The van der Waals surface area contributed by atoms with E-state index in [1.165, 1.54) is 5.56 Å². The van der Waals surface area contributed by atoms with Crippen LogP contribution in [0.3, 0.4) is 0 Å². The smallest absolute Gasteiger partial charge is 0.123 e. The molecule has 0 unspecified atom stereocenters. The van der Waals surface area contributed by atoms with Gasteiger partial charge in [-0.05, 0) is 17.7 Å². The van der Waals surface area contributed by atoms with Crippen molar-refractivity contribution in [3.05, 3.63) is 71.2 Å². The summed E-state index contributed by atoms with van der Waals surface area (Å²) in [6.07, 6.45) is -0.487. The Labute approximate surface area is 194 Å². The van der Waals surface area contributed by atoms with Gasteiger partial charge in [0.25, 0.3) is 0 Å². The van der Waals surface area contributed by atoms with E-state index >= 15 is 0 Å². The largest absolute Gasteiger partial charge is 0.497 e. The Morgan fingerprint density at radius 1 is 1.03 bits per heavy atom. The molecule has 170 valence electrons. The van der Waals surface area contributed by atoms with Crippen LogP contribution in [0.5, 0.6) is 5.75 Å². The van der Waals surface area contributed by atoms with Gasteiger partial charge in [0.2, 0.25) is 0 Å². The number of thiazole rings is 1. The van der Waals surface area contributed by atoms with Crippen LogP contribution >= 0.6 is 11.3 Å². The Hall–Kier alpha value is -2.29. The van der Waals surface area contributed by atoms with Crippen LogP contribution in [0.25, 0.3) is 10.6 Å². The molecule has 0 radical (unpaired) electrons. The third kappa shape index (κ3) is 6.60. The number of benzene rings is 2. The standard InChI is InChI=1S/C25H31N3O3S/c1-30-24-9-5-6-20(14-24)17-31-18-23(29)16-28-12-10-27(11-13-28)15-22-19-32-25(26-22)21-7-3-2-4-8-21/h2-9,14,19,23,29H,10-13,15-18H2,1H3/t23-/m0/s1. The van der Waals surface area contributed by atoms with Gasteiger partial charge in [0.1, 0.15) is 10.8 Å². The topological polar surface area (TPSA) is 58.1 Å². The van der Waals surface area contributed by atoms with Crippen molar-refractivity contribution in [3.63, 3.8) is 0 Å². The maximum atomic E-state index is 10.4. The van der Waals surface area contributed by atoms with E-state index in [4.69, 9.17) is 14.5 Å². The Kier molecular flexibility index (Phi) is 8.25. The lowest BCUT2D eigenvalue weighted by Crippen LogP contribution is -2.48. The van der Waals surface area contributed by atoms with E-state index in [-0.39, 0.29) is 0 Å². The quantitative estimate of drug-likeness (QED) is 0.507. The number of aliphatic hydroxyl groups is 1. The van der Waals surface area contributed by atoms with Crippen molar-refractivity contribution in [2.75, 3.05) is 46.4 Å². The van der Waals surface area contributed by atoms with E-state index in [0.29, 0.717) is 19.8 Å². The fourth-order valence-electron chi connectivity index (χ4n) is 3.88. The molecule has 0 saturated carbocycles. The minimum absolute atomic E-state index is 0.332. The van der Waals surface area contributed by atoms with Gasteiger partial charge in [0, 0.05) is 50.2 Å². The van der Waals surface area contributed by atoms with E-state index in [2.05, 4.69) is 27.3 Å². The van der Waals surface area contributed by atoms with Crippen molar-refractivity contribution < 1.29 is 14.6 Å². The van der Waals surface area contributed by atoms with E-state index in [9.17, 15) is 5.11 Å². The van der Waals surface area contributed by atoms with E-state index < -0.39 is 6.10 Å². The second-order valence-electron chi connectivity index (χ2n) is 8.11. The Bertz CT molecular complexity index is 958. The predicted octanol–water partition coefficient (Wildman–Crippen LogP) is 3.51. The number of piperazine rings is 1. The molecule has 1 aliphatic heterocycles. The number of methoxy groups -OCH3 is 1. The van der Waals surface area contributed by atoms with Crippen LogP contribution in [-0.4, -0.2) is 72.4 Å². The van der Waals surface area contributed by atoms with Crippen molar-refractivity contribution in [1.29, 1.82) is 0 Å². The van der Waals surface area contributed by atoms with Crippen molar-refractivity contribution in [1.82, 2.24) is 14.8 Å². The molecule has 2 aromatic carbocycles. The summed E-state index contributed by atoms with van der Waals surface area (Å²) >= 11 is 1.71. The SMILES string of the molecule is COc1cccc(COC[C@@H](O)CN2CCN(Cc3csc(-c4ccccc4)n3)CC2)c1. The van der Waals surface area contributed by atoms with Crippen LogP contribution < -0.4 is 4.74 Å². The second kappa shape index (κ2) is 11.5. The number of hydrogen-bond donors (Lipinski definition) is 1. The first-order valence-electron chi connectivity index (χ1n) is 11.0. The van der Waals surface area contributed by atoms with Gasteiger partial charge in [-0.3, -0.25) is 9.80 Å². The Balaban J connectivity index is 1.15. The van der Waals surface area contributed by atoms with Crippen molar-refractivity contribution in [3.8, 4) is 16.3 Å². The normalized spacial score (nSPS) is 16.2. The highest BCUT2D eigenvalue weighted by atomic mass is 32.1. The first kappa shape index (κ1) is 22.9. The molecule has 1 aromatic heterocycles. The van der Waals surface area contributed by atoms with Gasteiger partial charge < -0.3 is 14.6 Å². The first-order chi connectivity index (χ1) is 15.7. The molecule has 3 aromatic rings. The molecule has 7 heteroatoms. The highest BCUT2D eigenvalue weighted by molar-refractivity contribution is 7.13. The molecule has 1 saturated heterocycles. The number of ether oxygens (including phenoxy) is 2. The van der Waals surface area contributed by atoms with Crippen LogP contribution in [0, 0.1) is 0 Å². The lowest BCUT2D eigenvalue weighted by Gasteiger charge is -2.35. The summed E-state index contributed by atoms with van der Waals surface area (Å²) < 4.78 is 10.9. The van der Waals surface area contributed by atoms with Crippen LogP contribution in [0.4, 0.5) is 0 Å². The summed E-state index contributed by atoms with van der Waals surface area (Å²) in [5.41, 5.74) is 3.35. The number of aromatic nitrogens is 1. The van der Waals surface area contributed by atoms with Crippen molar-refractivity contribution in [2.24, 2.45) is 0 Å². The molecule has 0 aliphatic carbocycles. The molecule has 32 heavy (non-hydrogen) atoms. The molecule has 0 bridgehead atoms. The predicted molar refractivity (Wildman–Crippen MR) is 128 cm³/mol. The third-order valence-electron chi connectivity index (χ3n) is 5.61. The van der Waals surface area contributed by atoms with Crippen LogP contribution in [-0.2, 0) is 17.9 Å². The molecule has 1 atom stereocenters. The van der Waals surface area contributed by atoms with E-state index in [0.717, 1.165) is 54.7 Å². The van der Waals surface area contributed by atoms with Gasteiger partial charge in [0.05, 0.1) is 32.1 Å². The van der Waals surface area contributed by atoms with Crippen LogP contribution in [0.2, 0.25) is 0 Å². The second-order valence-corrected chi connectivity index (χ2v) is 8.97. The van der Waals surface area contributed by atoms with Crippen molar-refractivity contribution >= 4 is 11.3 Å². The van der Waals surface area contributed by atoms with Gasteiger partial charge in [-0.15, -0.1) is 11.3 Å². The third-order valence-corrected chi connectivity index (χ3v) is 6.55. The summed E-state index contributed by atoms with van der Waals surface area (Å²) in [5, 5.41) is 13.6. The minimum atomic E-state index is -0.487. The molecule has 0 spiro atoms. The molecule has 4 rings (SSSR count). The molecule has 1 fully saturated rings. The van der Waals surface area contributed by atoms with E-state index in [1.54, 1.807) is 18.4 Å². The lowest BCUT2D eigenvalue weighted by molar-refractivity contribution is 0.000786. The molecule has 6 nitrogen and oxygen atoms in total. The zero-order valence-corrected chi connectivity index (χ0v) is 19.3. The average molecular weight is 454 g/mol. The number of rotatable bonds is 10. The first-order valence-corrected chi connectivity index (χ1v) is 11.9. The van der Waals surface area contributed by atoms with Gasteiger partial charge in [-0.25, -0.2) is 4.98 Å². The zero-order valence-electron chi connectivity index (χ0n) is 18.5. The van der Waals surface area contributed by atoms with Gasteiger partial charge >= 0.3 is 0 Å². The zero-order chi connectivity index (χ0) is 22.2. The number of β-amino-alcohol motifs (C(OH)–C–C–N with tert-alkyl or cyclic N) is 1. The summed E-state index contributed by atoms with van der Waals surface area (Å²) in [7, 11) is 1.66. The molecule has 2 heterocycles. The van der Waals surface area contributed by atoms with Crippen molar-refractivity contribution in [2.45, 2.75) is 19.3 Å². The summed E-state index contributed by atoms with van der Waals surface area (Å²) in [6.45, 7) is 6.18. The highest BCUT2D eigenvalue weighted by Crippen LogP contribution is 2.24. The Morgan fingerprint density at radius 2 is 1.81 bits per heavy atom. The number of aliphatic hydroxyl groups excluding tert-OH is 1. The molecular weight excluding hydrogens is 422 g/mol. The monoisotopic (exact) mass is 453 g/mol. The van der Waals surface area contributed by atoms with Crippen LogP contribution in [0.1, 0.15) is 11.3 Å². The molecule has 0 amide bonds. The van der Waals surface area contributed by atoms with Gasteiger partial charge in [0.15, 0.2) is 0 Å². The van der Waals surface area contributed by atoms with E-state index in [1.807, 2.05) is 42.5 Å². The lowest BCUT2D eigenvalue weighted by atomic mass is 10.2. The minimum Gasteiger partial charge on any atom is -0.497 e. The maximum Gasteiger partial charge on any atom is 0.123 e. The number of hydrogen-bond acceptors (Lipinski definition) is 7. The molecule has 1 aliphatic rings. The van der Waals surface area contributed by atoms with Gasteiger partial charge in [-0.1, -0.05) is 42.5 Å². The molecule has 1 N–H and O–H groups in total. The molecular formula is C25H31N3O3S. The summed E-state index contributed by atoms with van der Waals surface area (Å²) in [4.78, 5) is 9.56. The summed E-state index contributed by atoms with van der Waals surface area (Å²) in [6, 6.07) is 18.1. The summed E-state index contributed by atoms with van der Waals surface area (Å²) in [5.74, 6) is 0.818. The fourth-order valence-corrected chi connectivity index (χ4v) is 4.69. The average Bonchev–Trinajstić information content (AvgIpc) is 3.29. The van der Waals surface area contributed by atoms with Crippen LogP contribution in [0.15, 0.2) is 60.0 Å². The maximum absolute atomic E-state index is 10.4. The highest BCUT2D eigenvalue weighted by Gasteiger charge is 2.20. The fraction of sp³-hybridized carbons (Fsp3) is 0.400. The van der Waals surface area contributed by atoms with Gasteiger partial charge in [-0.2, -0.15) is 0 Å². The number of nitrogens with zero attached hydrogens (tertiary/aromatic N) is 3. The Morgan fingerprint density at radius 3 is 2.59 bits per heavy atom.